The van der Waals surface area contributed by atoms with Crippen molar-refractivity contribution < 1.29 is 4.52 Å². The molecule has 0 aromatic carbocycles. The molecule has 0 saturated heterocycles. The molecule has 5 nitrogen and oxygen atoms in total. The van der Waals surface area contributed by atoms with Crippen LogP contribution in [0.2, 0.25) is 0 Å². The largest absolute Gasteiger partial charge is 0.397 e. The van der Waals surface area contributed by atoms with E-state index in [2.05, 4.69) is 15.0 Å². The number of thiophene rings is 1. The molecular weight excluding hydrogens is 236 g/mol. The zero-order valence-corrected chi connectivity index (χ0v) is 11.0. The van der Waals surface area contributed by atoms with Crippen LogP contribution in [0.1, 0.15) is 11.4 Å². The second-order valence-corrected chi connectivity index (χ2v) is 5.11. The van der Waals surface area contributed by atoms with Gasteiger partial charge in [-0.3, -0.25) is 0 Å². The molecule has 2 aromatic heterocycles. The fourth-order valence-corrected chi connectivity index (χ4v) is 2.28. The Kier molecular flexibility index (Phi) is 3.44. The van der Waals surface area contributed by atoms with Crippen LogP contribution in [0, 0.1) is 6.92 Å². The van der Waals surface area contributed by atoms with Crippen molar-refractivity contribution in [2.24, 2.45) is 0 Å². The summed E-state index contributed by atoms with van der Waals surface area (Å²) in [6, 6.07) is 0. The molecule has 2 aromatic rings. The first-order valence-electron chi connectivity index (χ1n) is 5.39. The van der Waals surface area contributed by atoms with Crippen LogP contribution < -0.4 is 5.73 Å². The number of aryl methyl sites for hydroxylation is 1. The van der Waals surface area contributed by atoms with Crippen LogP contribution in [0.5, 0.6) is 0 Å². The summed E-state index contributed by atoms with van der Waals surface area (Å²) in [5.74, 6) is 1.24. The summed E-state index contributed by atoms with van der Waals surface area (Å²) in [4.78, 5) is 7.30. The average molecular weight is 252 g/mol. The van der Waals surface area contributed by atoms with Crippen LogP contribution in [0.4, 0.5) is 5.69 Å². The molecule has 0 aliphatic heterocycles. The monoisotopic (exact) mass is 252 g/mol. The number of aromatic nitrogens is 2. The van der Waals surface area contributed by atoms with E-state index in [1.165, 1.54) is 11.3 Å². The van der Waals surface area contributed by atoms with Gasteiger partial charge in [0.1, 0.15) is 4.88 Å². The molecule has 0 amide bonds. The van der Waals surface area contributed by atoms with Crippen LogP contribution in [-0.4, -0.2) is 35.7 Å². The van der Waals surface area contributed by atoms with Crippen molar-refractivity contribution in [1.29, 1.82) is 0 Å². The van der Waals surface area contributed by atoms with Crippen LogP contribution in [0.25, 0.3) is 10.8 Å². The number of nitrogens with zero attached hydrogens (tertiary/aromatic N) is 3. The summed E-state index contributed by atoms with van der Waals surface area (Å²) in [5, 5.41) is 5.95. The summed E-state index contributed by atoms with van der Waals surface area (Å²) in [7, 11) is 4.03. The lowest BCUT2D eigenvalue weighted by Crippen LogP contribution is -2.15. The lowest BCUT2D eigenvalue weighted by molar-refractivity contribution is 0.393. The van der Waals surface area contributed by atoms with Gasteiger partial charge >= 0.3 is 0 Å². The standard InChI is InChI=1S/C11H16N4OS/c1-7-6-17-10(9(7)12)11-13-8(14-16-11)4-5-15(2)3/h6H,4-5,12H2,1-3H3. The van der Waals surface area contributed by atoms with E-state index in [1.54, 1.807) is 0 Å². The van der Waals surface area contributed by atoms with E-state index in [9.17, 15) is 0 Å². The third kappa shape index (κ3) is 2.65. The smallest absolute Gasteiger partial charge is 0.270 e. The highest BCUT2D eigenvalue weighted by atomic mass is 32.1. The number of nitrogens with two attached hydrogens (primary N) is 1. The number of rotatable bonds is 4. The van der Waals surface area contributed by atoms with Crippen molar-refractivity contribution >= 4 is 17.0 Å². The third-order valence-corrected chi connectivity index (χ3v) is 3.57. The van der Waals surface area contributed by atoms with Crippen LogP contribution in [-0.2, 0) is 6.42 Å². The highest BCUT2D eigenvalue weighted by Crippen LogP contribution is 2.33. The molecule has 2 N–H and O–H groups in total. The van der Waals surface area contributed by atoms with Crippen molar-refractivity contribution in [2.75, 3.05) is 26.4 Å². The highest BCUT2D eigenvalue weighted by molar-refractivity contribution is 7.14. The van der Waals surface area contributed by atoms with E-state index in [1.807, 2.05) is 26.4 Å². The number of nitrogen functional groups attached to an aromatic ring is 1. The maximum absolute atomic E-state index is 5.94. The Labute approximate surface area is 104 Å². The van der Waals surface area contributed by atoms with Gasteiger partial charge in [-0.25, -0.2) is 0 Å². The lowest BCUT2D eigenvalue weighted by Gasteiger charge is -2.05. The maximum Gasteiger partial charge on any atom is 0.270 e. The molecule has 0 radical (unpaired) electrons. The predicted molar refractivity (Wildman–Crippen MR) is 69.0 cm³/mol. The van der Waals surface area contributed by atoms with Gasteiger partial charge in [-0.2, -0.15) is 4.98 Å². The Morgan fingerprint density at radius 3 is 2.82 bits per heavy atom. The molecule has 0 aliphatic carbocycles. The molecule has 92 valence electrons. The molecule has 6 heteroatoms. The Morgan fingerprint density at radius 2 is 2.24 bits per heavy atom. The van der Waals surface area contributed by atoms with Crippen LogP contribution in [0.15, 0.2) is 9.90 Å². The molecule has 0 fully saturated rings. The summed E-state index contributed by atoms with van der Waals surface area (Å²) in [5.41, 5.74) is 7.73. The Hall–Kier alpha value is -1.40. The molecule has 17 heavy (non-hydrogen) atoms. The van der Waals surface area contributed by atoms with Crippen molar-refractivity contribution in [3.05, 3.63) is 16.8 Å². The van der Waals surface area contributed by atoms with Crippen molar-refractivity contribution in [3.63, 3.8) is 0 Å². The summed E-state index contributed by atoms with van der Waals surface area (Å²) >= 11 is 1.54. The molecule has 0 saturated carbocycles. The van der Waals surface area contributed by atoms with Gasteiger partial charge in [-0.1, -0.05) is 5.16 Å². The Balaban J connectivity index is 2.15. The lowest BCUT2D eigenvalue weighted by atomic mass is 10.3. The van der Waals surface area contributed by atoms with E-state index in [0.29, 0.717) is 5.89 Å². The normalized spacial score (nSPS) is 11.3. The fraction of sp³-hybridized carbons (Fsp3) is 0.455. The van der Waals surface area contributed by atoms with Gasteiger partial charge in [-0.15, -0.1) is 11.3 Å². The number of hydrogen-bond donors (Lipinski definition) is 1. The van der Waals surface area contributed by atoms with Crippen LogP contribution >= 0.6 is 11.3 Å². The number of anilines is 1. The highest BCUT2D eigenvalue weighted by Gasteiger charge is 2.14. The fourth-order valence-electron chi connectivity index (χ4n) is 1.39. The van der Waals surface area contributed by atoms with Crippen molar-refractivity contribution in [2.45, 2.75) is 13.3 Å². The maximum atomic E-state index is 5.94. The van der Waals surface area contributed by atoms with Gasteiger partial charge in [0.2, 0.25) is 0 Å². The molecule has 0 unspecified atom stereocenters. The first-order valence-corrected chi connectivity index (χ1v) is 6.27. The zero-order valence-electron chi connectivity index (χ0n) is 10.2. The average Bonchev–Trinajstić information content (AvgIpc) is 2.85. The third-order valence-electron chi connectivity index (χ3n) is 2.47. The number of likely N-dealkylation sites (N-methyl/N-ethyl adjacent to an activating group) is 1. The van der Waals surface area contributed by atoms with E-state index in [4.69, 9.17) is 10.3 Å². The molecule has 0 bridgehead atoms. The predicted octanol–water partition coefficient (Wildman–Crippen LogP) is 1.79. The molecule has 2 heterocycles. The quantitative estimate of drug-likeness (QED) is 0.898. The zero-order chi connectivity index (χ0) is 12.4. The topological polar surface area (TPSA) is 68.2 Å². The molecule has 0 spiro atoms. The van der Waals surface area contributed by atoms with Gasteiger partial charge in [0.15, 0.2) is 5.82 Å². The summed E-state index contributed by atoms with van der Waals surface area (Å²) in [6.45, 7) is 2.87. The first kappa shape index (κ1) is 12.1. The van der Waals surface area contributed by atoms with E-state index >= 15 is 0 Å². The van der Waals surface area contributed by atoms with Gasteiger partial charge in [0.25, 0.3) is 5.89 Å². The second-order valence-electron chi connectivity index (χ2n) is 4.23. The minimum absolute atomic E-state index is 0.523. The SMILES string of the molecule is Cc1csc(-c2nc(CCN(C)C)no2)c1N. The van der Waals surface area contributed by atoms with E-state index in [-0.39, 0.29) is 0 Å². The second kappa shape index (κ2) is 4.85. The molecule has 0 aliphatic rings. The van der Waals surface area contributed by atoms with Gasteiger partial charge in [0.05, 0.1) is 5.69 Å². The minimum atomic E-state index is 0.523. The van der Waals surface area contributed by atoms with Gasteiger partial charge in [0, 0.05) is 13.0 Å². The Morgan fingerprint density at radius 1 is 1.47 bits per heavy atom. The summed E-state index contributed by atoms with van der Waals surface area (Å²) < 4.78 is 5.23. The van der Waals surface area contributed by atoms with Crippen molar-refractivity contribution in [3.8, 4) is 10.8 Å². The van der Waals surface area contributed by atoms with Gasteiger partial charge < -0.3 is 15.2 Å². The number of hydrogen-bond acceptors (Lipinski definition) is 6. The van der Waals surface area contributed by atoms with Gasteiger partial charge in [-0.05, 0) is 32.0 Å². The van der Waals surface area contributed by atoms with Crippen molar-refractivity contribution in [1.82, 2.24) is 15.0 Å². The first-order chi connectivity index (χ1) is 8.08. The molecular formula is C11H16N4OS. The van der Waals surface area contributed by atoms with E-state index < -0.39 is 0 Å². The molecule has 2 rings (SSSR count). The Bertz CT molecular complexity index is 503. The summed E-state index contributed by atoms with van der Waals surface area (Å²) in [6.07, 6.45) is 0.779. The molecule has 0 atom stereocenters. The van der Waals surface area contributed by atoms with E-state index in [0.717, 1.165) is 34.9 Å². The van der Waals surface area contributed by atoms with Crippen LogP contribution in [0.3, 0.4) is 0 Å². The minimum Gasteiger partial charge on any atom is -0.397 e.